The lowest BCUT2D eigenvalue weighted by atomic mass is 10.2. The topological polar surface area (TPSA) is 66.0 Å². The maximum Gasteiger partial charge on any atom is 0.202 e. The van der Waals surface area contributed by atoms with Crippen molar-refractivity contribution in [1.29, 1.82) is 0 Å². The molecule has 1 aliphatic heterocycles. The molecule has 1 aliphatic rings. The third kappa shape index (κ3) is 2.34. The molecular formula is C8H17N5. The summed E-state index contributed by atoms with van der Waals surface area (Å²) in [4.78, 5) is 10.5. The highest BCUT2D eigenvalue weighted by atomic mass is 15.4. The number of hydrogen-bond donors (Lipinski definition) is 2. The number of hydrogen-bond acceptors (Lipinski definition) is 5. The minimum Gasteiger partial charge on any atom is -0.370 e. The second-order valence-electron chi connectivity index (χ2n) is 3.64. The van der Waals surface area contributed by atoms with Crippen molar-refractivity contribution in [2.24, 2.45) is 21.6 Å². The summed E-state index contributed by atoms with van der Waals surface area (Å²) in [6.07, 6.45) is -0.0568. The molecule has 0 aliphatic carbocycles. The van der Waals surface area contributed by atoms with Crippen LogP contribution in [0.3, 0.4) is 0 Å². The van der Waals surface area contributed by atoms with E-state index in [1.54, 1.807) is 0 Å². The van der Waals surface area contributed by atoms with E-state index in [2.05, 4.69) is 29.1 Å². The predicted octanol–water partition coefficient (Wildman–Crippen LogP) is -0.196. The Morgan fingerprint density at radius 3 is 2.46 bits per heavy atom. The Labute approximate surface area is 78.7 Å². The summed E-state index contributed by atoms with van der Waals surface area (Å²) in [6.45, 7) is 4.15. The second-order valence-corrected chi connectivity index (χ2v) is 3.64. The zero-order valence-electron chi connectivity index (χ0n) is 8.57. The molecule has 0 bridgehead atoms. The van der Waals surface area contributed by atoms with E-state index in [9.17, 15) is 0 Å². The van der Waals surface area contributed by atoms with Gasteiger partial charge < -0.3 is 10.6 Å². The Morgan fingerprint density at radius 1 is 1.38 bits per heavy atom. The summed E-state index contributed by atoms with van der Waals surface area (Å²) in [6, 6.07) is 0. The van der Waals surface area contributed by atoms with Crippen molar-refractivity contribution in [2.75, 3.05) is 14.1 Å². The molecule has 1 rings (SSSR count). The van der Waals surface area contributed by atoms with Gasteiger partial charge in [-0.05, 0) is 5.92 Å². The first-order valence-electron chi connectivity index (χ1n) is 4.36. The third-order valence-electron chi connectivity index (χ3n) is 1.79. The van der Waals surface area contributed by atoms with Gasteiger partial charge in [-0.1, -0.05) is 13.8 Å². The molecule has 0 aromatic heterocycles. The summed E-state index contributed by atoms with van der Waals surface area (Å²) in [7, 11) is 3.84. The quantitative estimate of drug-likeness (QED) is 0.592. The highest BCUT2D eigenvalue weighted by Crippen LogP contribution is 2.10. The van der Waals surface area contributed by atoms with E-state index in [1.807, 2.05) is 19.0 Å². The van der Waals surface area contributed by atoms with E-state index in [4.69, 9.17) is 5.73 Å². The minimum atomic E-state index is -0.0568. The molecule has 0 aromatic carbocycles. The Kier molecular flexibility index (Phi) is 2.75. The number of nitrogens with two attached hydrogens (primary N) is 1. The van der Waals surface area contributed by atoms with E-state index >= 15 is 0 Å². The summed E-state index contributed by atoms with van der Waals surface area (Å²) >= 11 is 0. The van der Waals surface area contributed by atoms with E-state index in [0.29, 0.717) is 11.9 Å². The Morgan fingerprint density at radius 2 is 2.00 bits per heavy atom. The average molecular weight is 183 g/mol. The zero-order valence-corrected chi connectivity index (χ0v) is 8.57. The van der Waals surface area contributed by atoms with Gasteiger partial charge in [0.05, 0.1) is 0 Å². The third-order valence-corrected chi connectivity index (χ3v) is 1.79. The lowest BCUT2D eigenvalue weighted by Crippen LogP contribution is -2.48. The fourth-order valence-electron chi connectivity index (χ4n) is 1.00. The summed E-state index contributed by atoms with van der Waals surface area (Å²) in [5.74, 6) is 1.58. The summed E-state index contributed by atoms with van der Waals surface area (Å²) < 4.78 is 0. The van der Waals surface area contributed by atoms with Crippen LogP contribution in [0.15, 0.2) is 9.98 Å². The maximum atomic E-state index is 5.62. The number of rotatable bonds is 1. The van der Waals surface area contributed by atoms with Crippen LogP contribution >= 0.6 is 0 Å². The van der Waals surface area contributed by atoms with Crippen LogP contribution in [0.5, 0.6) is 0 Å². The van der Waals surface area contributed by atoms with Gasteiger partial charge in [0, 0.05) is 14.1 Å². The Bertz CT molecular complexity index is 241. The van der Waals surface area contributed by atoms with Gasteiger partial charge in [0.25, 0.3) is 0 Å². The van der Waals surface area contributed by atoms with Crippen molar-refractivity contribution < 1.29 is 0 Å². The molecule has 0 radical (unpaired) electrons. The van der Waals surface area contributed by atoms with E-state index in [-0.39, 0.29) is 6.17 Å². The summed E-state index contributed by atoms with van der Waals surface area (Å²) in [5, 5.41) is 2.90. The van der Waals surface area contributed by atoms with Gasteiger partial charge >= 0.3 is 0 Å². The van der Waals surface area contributed by atoms with Crippen LogP contribution in [-0.4, -0.2) is 37.1 Å². The number of aliphatic imine (C=N–C) groups is 2. The number of nitrogens with zero attached hydrogens (tertiary/aromatic N) is 3. The molecule has 0 aromatic rings. The van der Waals surface area contributed by atoms with Gasteiger partial charge in [-0.2, -0.15) is 0 Å². The van der Waals surface area contributed by atoms with Crippen LogP contribution in [0.2, 0.25) is 0 Å². The van der Waals surface area contributed by atoms with Crippen LogP contribution in [0.1, 0.15) is 13.8 Å². The van der Waals surface area contributed by atoms with Gasteiger partial charge in [-0.3, -0.25) is 5.32 Å². The van der Waals surface area contributed by atoms with Crippen LogP contribution < -0.4 is 11.1 Å². The first-order chi connectivity index (χ1) is 6.00. The smallest absolute Gasteiger partial charge is 0.202 e. The van der Waals surface area contributed by atoms with Crippen LogP contribution in [0.25, 0.3) is 0 Å². The SMILES string of the molecule is CC(C)C1N=C(N)NC(N(C)C)=N1. The lowest BCUT2D eigenvalue weighted by Gasteiger charge is -2.24. The highest BCUT2D eigenvalue weighted by molar-refractivity contribution is 5.99. The fourth-order valence-corrected chi connectivity index (χ4v) is 1.00. The van der Waals surface area contributed by atoms with Crippen molar-refractivity contribution in [2.45, 2.75) is 20.0 Å². The summed E-state index contributed by atoms with van der Waals surface area (Å²) in [5.41, 5.74) is 5.62. The van der Waals surface area contributed by atoms with Crippen LogP contribution in [0, 0.1) is 5.92 Å². The van der Waals surface area contributed by atoms with Gasteiger partial charge in [-0.25, -0.2) is 9.98 Å². The fraction of sp³-hybridized carbons (Fsp3) is 0.750. The zero-order chi connectivity index (χ0) is 10.0. The van der Waals surface area contributed by atoms with Crippen LogP contribution in [0.4, 0.5) is 0 Å². The molecule has 1 unspecified atom stereocenters. The monoisotopic (exact) mass is 183 g/mol. The molecule has 0 fully saturated rings. The van der Waals surface area contributed by atoms with E-state index < -0.39 is 0 Å². The van der Waals surface area contributed by atoms with Crippen molar-refractivity contribution in [1.82, 2.24) is 10.2 Å². The molecule has 0 amide bonds. The maximum absolute atomic E-state index is 5.62. The largest absolute Gasteiger partial charge is 0.370 e. The molecule has 13 heavy (non-hydrogen) atoms. The molecule has 1 heterocycles. The van der Waals surface area contributed by atoms with Crippen molar-refractivity contribution >= 4 is 11.9 Å². The second kappa shape index (κ2) is 3.64. The van der Waals surface area contributed by atoms with Gasteiger partial charge in [0.15, 0.2) is 5.96 Å². The first kappa shape index (κ1) is 9.83. The molecule has 0 saturated heterocycles. The number of nitrogens with one attached hydrogen (secondary N) is 1. The molecule has 0 saturated carbocycles. The number of guanidine groups is 2. The van der Waals surface area contributed by atoms with E-state index in [0.717, 1.165) is 5.96 Å². The normalized spacial score (nSPS) is 22.1. The molecular weight excluding hydrogens is 166 g/mol. The molecule has 74 valence electrons. The minimum absolute atomic E-state index is 0.0568. The Balaban J connectivity index is 2.80. The molecule has 1 atom stereocenters. The van der Waals surface area contributed by atoms with Crippen molar-refractivity contribution in [3.63, 3.8) is 0 Å². The highest BCUT2D eigenvalue weighted by Gasteiger charge is 2.18. The average Bonchev–Trinajstić information content (AvgIpc) is 2.03. The molecule has 3 N–H and O–H groups in total. The van der Waals surface area contributed by atoms with E-state index in [1.165, 1.54) is 0 Å². The Hall–Kier alpha value is -1.26. The van der Waals surface area contributed by atoms with Gasteiger partial charge in [0.2, 0.25) is 5.96 Å². The molecule has 5 nitrogen and oxygen atoms in total. The van der Waals surface area contributed by atoms with Crippen molar-refractivity contribution in [3.8, 4) is 0 Å². The molecule has 5 heteroatoms. The van der Waals surface area contributed by atoms with Crippen LogP contribution in [-0.2, 0) is 0 Å². The van der Waals surface area contributed by atoms with Crippen molar-refractivity contribution in [3.05, 3.63) is 0 Å². The van der Waals surface area contributed by atoms with Gasteiger partial charge in [-0.15, -0.1) is 0 Å². The first-order valence-corrected chi connectivity index (χ1v) is 4.36. The van der Waals surface area contributed by atoms with Gasteiger partial charge in [0.1, 0.15) is 6.17 Å². The lowest BCUT2D eigenvalue weighted by molar-refractivity contribution is 0.486. The predicted molar refractivity (Wildman–Crippen MR) is 54.5 cm³/mol. The standard InChI is InChI=1S/C8H17N5/c1-5(2)6-10-7(9)12-8(11-6)13(3)4/h5-6H,1-4H3,(H3,9,10,11,12). The molecule has 0 spiro atoms.